The summed E-state index contributed by atoms with van der Waals surface area (Å²) in [4.78, 5) is 16.1. The van der Waals surface area contributed by atoms with E-state index in [1.165, 1.54) is 11.4 Å². The summed E-state index contributed by atoms with van der Waals surface area (Å²) in [6.07, 6.45) is 1.56. The fraction of sp³-hybridized carbons (Fsp3) is 0.231. The Balaban J connectivity index is 2.27. The highest BCUT2D eigenvalue weighted by Gasteiger charge is 2.17. The van der Waals surface area contributed by atoms with Gasteiger partial charge in [-0.1, -0.05) is 13.0 Å². The van der Waals surface area contributed by atoms with Crippen molar-refractivity contribution < 1.29 is 18.3 Å². The van der Waals surface area contributed by atoms with Crippen LogP contribution in [-0.2, 0) is 16.3 Å². The molecule has 0 radical (unpaired) electrons. The molecular weight excluding hydrogens is 312 g/mol. The molecule has 0 aliphatic carbocycles. The van der Waals surface area contributed by atoms with E-state index in [9.17, 15) is 18.3 Å². The van der Waals surface area contributed by atoms with Crippen molar-refractivity contribution in [3.05, 3.63) is 34.7 Å². The Hall–Kier alpha value is -1.93. The lowest BCUT2D eigenvalue weighted by Crippen LogP contribution is -2.14. The van der Waals surface area contributed by atoms with Gasteiger partial charge in [0.15, 0.2) is 20.0 Å². The normalized spacial score (nSPS) is 11.3. The molecule has 1 aromatic carbocycles. The van der Waals surface area contributed by atoms with Crippen LogP contribution < -0.4 is 5.32 Å². The lowest BCUT2D eigenvalue weighted by atomic mass is 10.0. The van der Waals surface area contributed by atoms with Crippen molar-refractivity contribution in [1.82, 2.24) is 4.98 Å². The number of phenols is 1. The van der Waals surface area contributed by atoms with Gasteiger partial charge in [0.1, 0.15) is 5.75 Å². The van der Waals surface area contributed by atoms with Gasteiger partial charge in [0.05, 0.1) is 0 Å². The molecule has 1 heterocycles. The topological polar surface area (TPSA) is 96.4 Å². The Bertz CT molecular complexity index is 781. The quantitative estimate of drug-likeness (QED) is 0.896. The summed E-state index contributed by atoms with van der Waals surface area (Å²) in [6, 6.07) is 4.69. The van der Waals surface area contributed by atoms with Crippen LogP contribution in [-0.4, -0.2) is 30.7 Å². The van der Waals surface area contributed by atoms with Crippen molar-refractivity contribution in [2.75, 3.05) is 11.6 Å². The van der Waals surface area contributed by atoms with E-state index in [4.69, 9.17) is 0 Å². The maximum atomic E-state index is 12.2. The number of carbonyl (C=O) groups is 1. The molecular formula is C13H14N2O4S2. The van der Waals surface area contributed by atoms with Gasteiger partial charge in [-0.05, 0) is 18.6 Å². The Morgan fingerprint density at radius 3 is 2.71 bits per heavy atom. The number of rotatable bonds is 4. The number of phenolic OH excluding ortho intramolecular Hbond substituents is 1. The predicted octanol–water partition coefficient (Wildman–Crippen LogP) is 2.07. The summed E-state index contributed by atoms with van der Waals surface area (Å²) in [7, 11) is -3.39. The lowest BCUT2D eigenvalue weighted by Gasteiger charge is -2.08. The van der Waals surface area contributed by atoms with E-state index >= 15 is 0 Å². The van der Waals surface area contributed by atoms with Gasteiger partial charge in [0, 0.05) is 22.8 Å². The number of aromatic nitrogens is 1. The second-order valence-corrected chi connectivity index (χ2v) is 7.19. The molecule has 1 amide bonds. The first kappa shape index (κ1) is 15.5. The van der Waals surface area contributed by atoms with Crippen LogP contribution in [0, 0.1) is 0 Å². The number of sulfone groups is 1. The molecule has 0 bridgehead atoms. The zero-order chi connectivity index (χ0) is 15.6. The number of hydrogen-bond acceptors (Lipinski definition) is 6. The van der Waals surface area contributed by atoms with Crippen molar-refractivity contribution in [3.8, 4) is 5.75 Å². The van der Waals surface area contributed by atoms with Gasteiger partial charge in [0.25, 0.3) is 5.91 Å². The summed E-state index contributed by atoms with van der Waals surface area (Å²) in [6.45, 7) is 1.83. The van der Waals surface area contributed by atoms with E-state index in [1.807, 2.05) is 6.92 Å². The summed E-state index contributed by atoms with van der Waals surface area (Å²) in [5.74, 6) is -0.377. The third-order valence-electron chi connectivity index (χ3n) is 2.83. The predicted molar refractivity (Wildman–Crippen MR) is 80.7 cm³/mol. The van der Waals surface area contributed by atoms with Crippen molar-refractivity contribution in [3.63, 3.8) is 0 Å². The van der Waals surface area contributed by atoms with Crippen LogP contribution in [0.4, 0.5) is 5.13 Å². The minimum atomic E-state index is -3.39. The van der Waals surface area contributed by atoms with Gasteiger partial charge in [-0.25, -0.2) is 13.4 Å². The number of benzene rings is 1. The first-order valence-corrected chi connectivity index (χ1v) is 8.87. The number of nitrogens with zero attached hydrogens (tertiary/aromatic N) is 1. The van der Waals surface area contributed by atoms with E-state index in [1.54, 1.807) is 12.1 Å². The zero-order valence-corrected chi connectivity index (χ0v) is 13.1. The maximum absolute atomic E-state index is 12.2. The molecule has 0 atom stereocenters. The SMILES string of the molecule is CCc1c(O)cccc1C(=O)Nc1nc(S(C)(=O)=O)cs1. The number of amides is 1. The molecule has 0 saturated carbocycles. The number of anilines is 1. The van der Waals surface area contributed by atoms with Crippen LogP contribution in [0.25, 0.3) is 0 Å². The molecule has 0 aliphatic heterocycles. The Kier molecular flexibility index (Phi) is 4.29. The van der Waals surface area contributed by atoms with E-state index in [-0.39, 0.29) is 15.9 Å². The number of carbonyl (C=O) groups excluding carboxylic acids is 1. The number of hydrogen-bond donors (Lipinski definition) is 2. The molecule has 0 unspecified atom stereocenters. The molecule has 112 valence electrons. The molecule has 2 N–H and O–H groups in total. The second kappa shape index (κ2) is 5.82. The molecule has 0 aliphatic rings. The standard InChI is InChI=1S/C13H14N2O4S2/c1-3-8-9(5-4-6-10(8)16)12(17)15-13-14-11(7-20-13)21(2,18)19/h4-7,16H,3H2,1-2H3,(H,14,15,17). The first-order valence-electron chi connectivity index (χ1n) is 6.10. The van der Waals surface area contributed by atoms with Gasteiger partial charge in [-0.3, -0.25) is 10.1 Å². The Morgan fingerprint density at radius 1 is 1.43 bits per heavy atom. The molecule has 8 heteroatoms. The van der Waals surface area contributed by atoms with Crippen LogP contribution in [0.15, 0.2) is 28.6 Å². The molecule has 2 aromatic rings. The fourth-order valence-corrected chi connectivity index (χ4v) is 3.54. The molecule has 6 nitrogen and oxygen atoms in total. The molecule has 0 saturated heterocycles. The van der Waals surface area contributed by atoms with Gasteiger partial charge in [0.2, 0.25) is 0 Å². The summed E-state index contributed by atoms with van der Waals surface area (Å²) in [5, 5.41) is 13.8. The van der Waals surface area contributed by atoms with E-state index in [0.717, 1.165) is 17.6 Å². The second-order valence-electron chi connectivity index (χ2n) is 4.37. The van der Waals surface area contributed by atoms with Crippen LogP contribution in [0.3, 0.4) is 0 Å². The van der Waals surface area contributed by atoms with Crippen molar-refractivity contribution in [1.29, 1.82) is 0 Å². The average Bonchev–Trinajstić information content (AvgIpc) is 2.86. The van der Waals surface area contributed by atoms with E-state index in [0.29, 0.717) is 17.5 Å². The lowest BCUT2D eigenvalue weighted by molar-refractivity contribution is 0.102. The largest absolute Gasteiger partial charge is 0.508 e. The van der Waals surface area contributed by atoms with Crippen LogP contribution in [0.1, 0.15) is 22.8 Å². The average molecular weight is 326 g/mol. The molecule has 0 fully saturated rings. The van der Waals surface area contributed by atoms with E-state index in [2.05, 4.69) is 10.3 Å². The van der Waals surface area contributed by atoms with Crippen LogP contribution in [0.2, 0.25) is 0 Å². The summed E-state index contributed by atoms with van der Waals surface area (Å²) < 4.78 is 22.7. The minimum absolute atomic E-state index is 0.0566. The minimum Gasteiger partial charge on any atom is -0.508 e. The highest BCUT2D eigenvalue weighted by atomic mass is 32.2. The van der Waals surface area contributed by atoms with Gasteiger partial charge in [-0.2, -0.15) is 0 Å². The van der Waals surface area contributed by atoms with Gasteiger partial charge in [-0.15, -0.1) is 11.3 Å². The Labute approximate surface area is 126 Å². The molecule has 21 heavy (non-hydrogen) atoms. The zero-order valence-electron chi connectivity index (χ0n) is 11.5. The summed E-state index contributed by atoms with van der Waals surface area (Å²) >= 11 is 1.03. The molecule has 0 spiro atoms. The van der Waals surface area contributed by atoms with Crippen molar-refractivity contribution >= 4 is 32.2 Å². The van der Waals surface area contributed by atoms with Crippen LogP contribution in [0.5, 0.6) is 5.75 Å². The van der Waals surface area contributed by atoms with Crippen molar-refractivity contribution in [2.24, 2.45) is 0 Å². The maximum Gasteiger partial charge on any atom is 0.257 e. The highest BCUT2D eigenvalue weighted by Crippen LogP contribution is 2.24. The molecule has 2 rings (SSSR count). The molecule has 1 aromatic heterocycles. The highest BCUT2D eigenvalue weighted by molar-refractivity contribution is 7.90. The third-order valence-corrected chi connectivity index (χ3v) is 4.71. The number of nitrogens with one attached hydrogen (secondary N) is 1. The number of thiazole rings is 1. The number of aromatic hydroxyl groups is 1. The first-order chi connectivity index (χ1) is 9.82. The smallest absolute Gasteiger partial charge is 0.257 e. The van der Waals surface area contributed by atoms with E-state index < -0.39 is 15.7 Å². The third kappa shape index (κ3) is 3.40. The van der Waals surface area contributed by atoms with Crippen molar-refractivity contribution in [2.45, 2.75) is 18.4 Å². The monoisotopic (exact) mass is 326 g/mol. The van der Waals surface area contributed by atoms with Gasteiger partial charge >= 0.3 is 0 Å². The summed E-state index contributed by atoms with van der Waals surface area (Å²) in [5.41, 5.74) is 0.878. The fourth-order valence-electron chi connectivity index (χ4n) is 1.81. The van der Waals surface area contributed by atoms with Gasteiger partial charge < -0.3 is 5.11 Å². The van der Waals surface area contributed by atoms with Crippen LogP contribution >= 0.6 is 11.3 Å². The Morgan fingerprint density at radius 2 is 2.14 bits per heavy atom.